The van der Waals surface area contributed by atoms with E-state index in [2.05, 4.69) is 10.7 Å². The highest BCUT2D eigenvalue weighted by molar-refractivity contribution is 7.65. The molecule has 0 saturated carbocycles. The van der Waals surface area contributed by atoms with Crippen molar-refractivity contribution in [3.8, 4) is 12.1 Å². The molecule has 6 nitrogen and oxygen atoms in total. The van der Waals surface area contributed by atoms with Crippen LogP contribution in [0.4, 0.5) is 5.69 Å². The smallest absolute Gasteiger partial charge is 0.367 e. The number of hydrogen-bond acceptors (Lipinski definition) is 5. The number of hydrogen-bond donors (Lipinski definition) is 1. The average Bonchev–Trinajstić information content (AvgIpc) is 2.50. The average molecular weight is 381 g/mol. The Morgan fingerprint density at radius 1 is 1.08 bits per heavy atom. The molecule has 144 valence electrons. The van der Waals surface area contributed by atoms with E-state index in [1.54, 1.807) is 45.0 Å². The van der Waals surface area contributed by atoms with Crippen molar-refractivity contribution in [2.75, 3.05) is 18.3 Å². The summed E-state index contributed by atoms with van der Waals surface area (Å²) < 4.78 is 28.7. The summed E-state index contributed by atoms with van der Waals surface area (Å²) in [7, 11) is -3.49. The molecule has 0 saturated heterocycles. The van der Waals surface area contributed by atoms with Crippen molar-refractivity contribution >= 4 is 19.2 Å². The number of carbonyl (C=O) groups is 1. The second kappa shape index (κ2) is 8.73. The van der Waals surface area contributed by atoms with Gasteiger partial charge in [-0.1, -0.05) is 0 Å². The van der Waals surface area contributed by atoms with Gasteiger partial charge >= 0.3 is 13.5 Å². The molecule has 0 aliphatic heterocycles. The van der Waals surface area contributed by atoms with Gasteiger partial charge < -0.3 is 19.1 Å². The number of esters is 1. The summed E-state index contributed by atoms with van der Waals surface area (Å²) >= 11 is 0. The fourth-order valence-corrected chi connectivity index (χ4v) is 2.83. The Morgan fingerprint density at radius 2 is 1.65 bits per heavy atom. The zero-order chi connectivity index (χ0) is 20.0. The van der Waals surface area contributed by atoms with Crippen LogP contribution in [0.3, 0.4) is 0 Å². The molecule has 0 radical (unpaired) electrons. The molecular weight excluding hydrogens is 353 g/mol. The molecular formula is C19H28NO5P. The number of terminal acetylenes is 1. The van der Waals surface area contributed by atoms with Crippen molar-refractivity contribution in [1.82, 2.24) is 0 Å². The van der Waals surface area contributed by atoms with Crippen LogP contribution in [0.2, 0.25) is 0 Å². The lowest BCUT2D eigenvalue weighted by Gasteiger charge is -2.21. The number of rotatable bonds is 7. The molecule has 0 fully saturated rings. The van der Waals surface area contributed by atoms with Gasteiger partial charge in [-0.05, 0) is 65.8 Å². The van der Waals surface area contributed by atoms with Crippen LogP contribution < -0.4 is 5.09 Å². The third-order valence-electron chi connectivity index (χ3n) is 2.86. The third kappa shape index (κ3) is 8.53. The molecule has 1 aromatic rings. The predicted octanol–water partition coefficient (Wildman–Crippen LogP) is 4.67. The summed E-state index contributed by atoms with van der Waals surface area (Å²) in [5.41, 5.74) is 2.15. The van der Waals surface area contributed by atoms with Gasteiger partial charge in [-0.3, -0.25) is 4.57 Å². The second-order valence-electron chi connectivity index (χ2n) is 7.67. The lowest BCUT2D eigenvalue weighted by Crippen LogP contribution is -2.23. The van der Waals surface area contributed by atoms with E-state index < -0.39 is 19.1 Å². The van der Waals surface area contributed by atoms with Crippen LogP contribution in [0.15, 0.2) is 24.3 Å². The maximum absolute atomic E-state index is 12.6. The predicted molar refractivity (Wildman–Crippen MR) is 103 cm³/mol. The Balaban J connectivity index is 2.67. The Bertz CT molecular complexity index is 693. The molecule has 1 atom stereocenters. The molecule has 0 aliphatic rings. The molecule has 1 N–H and O–H groups in total. The van der Waals surface area contributed by atoms with E-state index in [-0.39, 0.29) is 18.8 Å². The quantitative estimate of drug-likeness (QED) is 0.320. The largest absolute Gasteiger partial charge is 0.456 e. The fourth-order valence-electron chi connectivity index (χ4n) is 1.80. The van der Waals surface area contributed by atoms with Crippen LogP contribution >= 0.6 is 7.52 Å². The number of nitrogens with one attached hydrogen (secondary N) is 1. The van der Waals surface area contributed by atoms with Crippen molar-refractivity contribution in [3.63, 3.8) is 0 Å². The minimum absolute atomic E-state index is 0.0989. The first-order chi connectivity index (χ1) is 11.8. The first kappa shape index (κ1) is 22.2. The first-order valence-electron chi connectivity index (χ1n) is 8.32. The molecule has 0 aromatic heterocycles. The second-order valence-corrected chi connectivity index (χ2v) is 9.51. The fraction of sp³-hybridized carbons (Fsp3) is 0.526. The van der Waals surface area contributed by atoms with Gasteiger partial charge in [0.1, 0.15) is 5.60 Å². The van der Waals surface area contributed by atoms with E-state index in [1.807, 2.05) is 20.8 Å². The van der Waals surface area contributed by atoms with Crippen LogP contribution in [0.25, 0.3) is 0 Å². The highest BCUT2D eigenvalue weighted by atomic mass is 31.2. The van der Waals surface area contributed by atoms with Gasteiger partial charge in [0.05, 0.1) is 24.4 Å². The van der Waals surface area contributed by atoms with Crippen molar-refractivity contribution in [2.45, 2.75) is 52.7 Å². The van der Waals surface area contributed by atoms with Crippen LogP contribution in [-0.4, -0.2) is 30.4 Å². The van der Waals surface area contributed by atoms with Gasteiger partial charge in [0, 0.05) is 11.3 Å². The molecule has 7 heteroatoms. The minimum Gasteiger partial charge on any atom is -0.456 e. The Kier molecular flexibility index (Phi) is 7.46. The van der Waals surface area contributed by atoms with E-state index in [0.29, 0.717) is 11.3 Å². The molecule has 0 bridgehead atoms. The lowest BCUT2D eigenvalue weighted by atomic mass is 10.1. The number of anilines is 1. The highest BCUT2D eigenvalue weighted by Gasteiger charge is 2.22. The topological polar surface area (TPSA) is 73.9 Å². The van der Waals surface area contributed by atoms with E-state index in [1.165, 1.54) is 0 Å². The standard InChI is InChI=1S/C19H28NO5P/c1-8-26(22,24-14-13-23-18(2,3)4)20-16-11-9-15(10-12-16)17(21)25-19(5,6)7/h1,9-12H,13-14H2,2-7H3,(H,20,22). The van der Waals surface area contributed by atoms with Gasteiger partial charge in [-0.25, -0.2) is 4.79 Å². The van der Waals surface area contributed by atoms with E-state index in [4.69, 9.17) is 20.4 Å². The van der Waals surface area contributed by atoms with E-state index in [9.17, 15) is 9.36 Å². The summed E-state index contributed by atoms with van der Waals surface area (Å²) in [4.78, 5) is 12.0. The summed E-state index contributed by atoms with van der Waals surface area (Å²) in [6, 6.07) is 6.33. The van der Waals surface area contributed by atoms with Gasteiger partial charge in [0.2, 0.25) is 0 Å². The molecule has 0 amide bonds. The van der Waals surface area contributed by atoms with Gasteiger partial charge in [0.15, 0.2) is 0 Å². The number of ether oxygens (including phenoxy) is 2. The van der Waals surface area contributed by atoms with Crippen LogP contribution in [0.1, 0.15) is 51.9 Å². The molecule has 1 aromatic carbocycles. The normalized spacial score (nSPS) is 14.2. The zero-order valence-corrected chi connectivity index (χ0v) is 17.2. The number of carbonyl (C=O) groups excluding carboxylic acids is 1. The highest BCUT2D eigenvalue weighted by Crippen LogP contribution is 2.45. The zero-order valence-electron chi connectivity index (χ0n) is 16.3. The van der Waals surface area contributed by atoms with Crippen molar-refractivity contribution in [3.05, 3.63) is 29.8 Å². The third-order valence-corrected chi connectivity index (χ3v) is 4.30. The molecule has 1 unspecified atom stereocenters. The summed E-state index contributed by atoms with van der Waals surface area (Å²) in [6.45, 7) is 11.5. The van der Waals surface area contributed by atoms with E-state index >= 15 is 0 Å². The van der Waals surface area contributed by atoms with Crippen LogP contribution in [0.5, 0.6) is 0 Å². The SMILES string of the molecule is C#CP(=O)(Nc1ccc(C(=O)OC(C)(C)C)cc1)OCCOC(C)(C)C. The molecule has 26 heavy (non-hydrogen) atoms. The Morgan fingerprint density at radius 3 is 2.12 bits per heavy atom. The van der Waals surface area contributed by atoms with Gasteiger partial charge in [-0.15, -0.1) is 6.42 Å². The van der Waals surface area contributed by atoms with Crippen molar-refractivity contribution in [2.24, 2.45) is 0 Å². The van der Waals surface area contributed by atoms with Crippen LogP contribution in [0, 0.1) is 12.1 Å². The molecule has 0 heterocycles. The Hall–Kier alpha value is -1.80. The lowest BCUT2D eigenvalue weighted by molar-refractivity contribution is -0.0157. The maximum Gasteiger partial charge on any atom is 0.367 e. The molecule has 1 rings (SSSR count). The van der Waals surface area contributed by atoms with Gasteiger partial charge in [-0.2, -0.15) is 0 Å². The van der Waals surface area contributed by atoms with Crippen molar-refractivity contribution < 1.29 is 23.4 Å². The summed E-state index contributed by atoms with van der Waals surface area (Å²) in [5, 5.41) is 2.71. The Labute approximate surface area is 156 Å². The van der Waals surface area contributed by atoms with Crippen molar-refractivity contribution in [1.29, 1.82) is 0 Å². The van der Waals surface area contributed by atoms with Crippen LogP contribution in [-0.2, 0) is 18.6 Å². The van der Waals surface area contributed by atoms with Gasteiger partial charge in [0.25, 0.3) is 0 Å². The summed E-state index contributed by atoms with van der Waals surface area (Å²) in [5.74, 6) is -0.431. The first-order valence-corrected chi connectivity index (χ1v) is 9.94. The number of benzene rings is 1. The van der Waals surface area contributed by atoms with E-state index in [0.717, 1.165) is 0 Å². The monoisotopic (exact) mass is 381 g/mol. The minimum atomic E-state index is -3.49. The molecule has 0 aliphatic carbocycles. The summed E-state index contributed by atoms with van der Waals surface area (Å²) in [6.07, 6.45) is 5.35. The molecule has 0 spiro atoms. The maximum atomic E-state index is 12.6.